The minimum Gasteiger partial charge on any atom is -0.468 e. The second-order valence-corrected chi connectivity index (χ2v) is 12.3. The van der Waals surface area contributed by atoms with Crippen LogP contribution in [0.3, 0.4) is 0 Å². The second-order valence-electron chi connectivity index (χ2n) is 8.79. The van der Waals surface area contributed by atoms with Crippen molar-refractivity contribution in [3.8, 4) is 5.69 Å². The zero-order valence-corrected chi connectivity index (χ0v) is 23.1. The van der Waals surface area contributed by atoms with Gasteiger partial charge in [-0.2, -0.15) is 4.31 Å². The van der Waals surface area contributed by atoms with Crippen LogP contribution in [0, 0.1) is 0 Å². The molecule has 0 N–H and O–H groups in total. The van der Waals surface area contributed by atoms with E-state index in [0.29, 0.717) is 34.6 Å². The molecule has 0 spiro atoms. The lowest BCUT2D eigenvalue weighted by Gasteiger charge is -2.37. The largest absolute Gasteiger partial charge is 0.468 e. The van der Waals surface area contributed by atoms with Gasteiger partial charge in [0.15, 0.2) is 0 Å². The summed E-state index contributed by atoms with van der Waals surface area (Å²) in [7, 11) is -3.12. The van der Waals surface area contributed by atoms with Crippen molar-refractivity contribution in [2.75, 3.05) is 25.1 Å². The topological polar surface area (TPSA) is 119 Å². The fourth-order valence-corrected chi connectivity index (χ4v) is 7.70. The Labute approximate surface area is 233 Å². The Kier molecular flexibility index (Phi) is 7.54. The molecule has 1 unspecified atom stereocenters. The number of rotatable bonds is 7. The van der Waals surface area contributed by atoms with Crippen LogP contribution in [-0.2, 0) is 24.3 Å². The third-order valence-corrected chi connectivity index (χ3v) is 9.98. The van der Waals surface area contributed by atoms with Crippen molar-refractivity contribution < 1.29 is 22.7 Å². The molecule has 5 rings (SSSR count). The van der Waals surface area contributed by atoms with Gasteiger partial charge in [-0.1, -0.05) is 17.7 Å². The van der Waals surface area contributed by atoms with Crippen LogP contribution in [0.5, 0.6) is 0 Å². The highest BCUT2D eigenvalue weighted by molar-refractivity contribution is 7.91. The van der Waals surface area contributed by atoms with Gasteiger partial charge in [-0.15, -0.1) is 11.3 Å². The van der Waals surface area contributed by atoms with E-state index in [4.69, 9.17) is 16.3 Å². The molecule has 1 amide bonds. The lowest BCUT2D eigenvalue weighted by molar-refractivity contribution is -0.141. The number of thiophene rings is 1. The molecule has 1 aliphatic rings. The highest BCUT2D eigenvalue weighted by Gasteiger charge is 2.42. The Morgan fingerprint density at radius 3 is 2.59 bits per heavy atom. The maximum atomic E-state index is 13.8. The second kappa shape index (κ2) is 10.9. The summed E-state index contributed by atoms with van der Waals surface area (Å²) in [5, 5.41) is 0.802. The lowest BCUT2D eigenvalue weighted by atomic mass is 10.0. The highest BCUT2D eigenvalue weighted by Crippen LogP contribution is 2.34. The Balaban J connectivity index is 1.47. The first-order chi connectivity index (χ1) is 18.7. The number of halogens is 1. The van der Waals surface area contributed by atoms with Gasteiger partial charge in [-0.25, -0.2) is 13.4 Å². The highest BCUT2D eigenvalue weighted by atomic mass is 35.5. The average Bonchev–Trinajstić information content (AvgIpc) is 3.36. The van der Waals surface area contributed by atoms with E-state index in [-0.39, 0.29) is 21.3 Å². The summed E-state index contributed by atoms with van der Waals surface area (Å²) in [4.78, 5) is 44.3. The number of ether oxygens (including phenoxy) is 1. The summed E-state index contributed by atoms with van der Waals surface area (Å²) in [5.74, 6) is -1.25. The van der Waals surface area contributed by atoms with E-state index in [0.717, 1.165) is 22.8 Å². The number of carbonyl (C=O) groups excluding carboxylic acids is 2. The average molecular weight is 587 g/mol. The number of pyridine rings is 2. The van der Waals surface area contributed by atoms with E-state index in [1.54, 1.807) is 54.7 Å². The molecule has 10 nitrogen and oxygen atoms in total. The van der Waals surface area contributed by atoms with E-state index in [1.165, 1.54) is 21.6 Å². The monoisotopic (exact) mass is 586 g/mol. The number of aromatic nitrogens is 2. The number of amides is 1. The Bertz CT molecular complexity index is 1720. The summed E-state index contributed by atoms with van der Waals surface area (Å²) in [6.45, 7) is -0.251. The number of nitrogens with zero attached hydrogens (tertiary/aromatic N) is 4. The van der Waals surface area contributed by atoms with Crippen LogP contribution in [0.4, 0.5) is 5.69 Å². The number of sulfonamides is 1. The maximum absolute atomic E-state index is 13.8. The minimum atomic E-state index is -4.28. The smallest absolute Gasteiger partial charge is 0.321 e. The number of piperidine rings is 1. The van der Waals surface area contributed by atoms with E-state index < -0.39 is 34.5 Å². The van der Waals surface area contributed by atoms with Gasteiger partial charge in [0, 0.05) is 35.6 Å². The number of carbonyl (C=O) groups is 2. The molecule has 0 bridgehead atoms. The molecule has 0 aliphatic carbocycles. The maximum Gasteiger partial charge on any atom is 0.321 e. The van der Waals surface area contributed by atoms with Gasteiger partial charge < -0.3 is 9.64 Å². The number of esters is 1. The predicted molar refractivity (Wildman–Crippen MR) is 148 cm³/mol. The molecule has 4 heterocycles. The molecule has 202 valence electrons. The number of hydrogen-bond acceptors (Lipinski definition) is 8. The summed E-state index contributed by atoms with van der Waals surface area (Å²) < 4.78 is 34.7. The molecule has 0 saturated carbocycles. The van der Waals surface area contributed by atoms with Crippen molar-refractivity contribution in [2.24, 2.45) is 0 Å². The van der Waals surface area contributed by atoms with Crippen molar-refractivity contribution in [1.29, 1.82) is 0 Å². The zero-order chi connectivity index (χ0) is 27.7. The van der Waals surface area contributed by atoms with Crippen molar-refractivity contribution in [2.45, 2.75) is 23.1 Å². The Morgan fingerprint density at radius 2 is 1.87 bits per heavy atom. The molecule has 1 fully saturated rings. The van der Waals surface area contributed by atoms with Crippen molar-refractivity contribution >= 4 is 60.7 Å². The third kappa shape index (κ3) is 5.33. The van der Waals surface area contributed by atoms with E-state index in [2.05, 4.69) is 4.98 Å². The predicted octanol–water partition coefficient (Wildman–Crippen LogP) is 3.46. The number of methoxy groups -OCH3 is 1. The fraction of sp³-hybridized carbons (Fsp3) is 0.231. The minimum absolute atomic E-state index is 0.0567. The van der Waals surface area contributed by atoms with Crippen molar-refractivity contribution in [3.63, 3.8) is 0 Å². The van der Waals surface area contributed by atoms with Gasteiger partial charge in [0.05, 0.1) is 7.11 Å². The summed E-state index contributed by atoms with van der Waals surface area (Å²) in [6.07, 6.45) is 2.39. The van der Waals surface area contributed by atoms with Crippen LogP contribution in [-0.4, -0.2) is 60.4 Å². The quantitative estimate of drug-likeness (QED) is 0.240. The Morgan fingerprint density at radius 1 is 1.13 bits per heavy atom. The van der Waals surface area contributed by atoms with Gasteiger partial charge in [-0.3, -0.25) is 19.0 Å². The Hall–Kier alpha value is -3.58. The van der Waals surface area contributed by atoms with Crippen LogP contribution < -0.4 is 10.5 Å². The molecule has 1 aliphatic heterocycles. The molecule has 4 aromatic rings. The van der Waals surface area contributed by atoms with Crippen LogP contribution >= 0.6 is 22.9 Å². The first kappa shape index (κ1) is 27.0. The van der Waals surface area contributed by atoms with Crippen LogP contribution in [0.25, 0.3) is 15.9 Å². The molecule has 1 aromatic carbocycles. The summed E-state index contributed by atoms with van der Waals surface area (Å²) in [6, 6.07) is 15.2. The van der Waals surface area contributed by atoms with Gasteiger partial charge in [0.1, 0.15) is 26.8 Å². The van der Waals surface area contributed by atoms with Gasteiger partial charge in [0.25, 0.3) is 15.6 Å². The zero-order valence-electron chi connectivity index (χ0n) is 20.7. The molecule has 1 atom stereocenters. The van der Waals surface area contributed by atoms with E-state index in [9.17, 15) is 22.8 Å². The molecule has 0 radical (unpaired) electrons. The molecule has 13 heteroatoms. The number of fused-ring (bicyclic) bond motifs is 1. The van der Waals surface area contributed by atoms with Gasteiger partial charge in [0.2, 0.25) is 5.91 Å². The molecule has 39 heavy (non-hydrogen) atoms. The normalized spacial score (nSPS) is 16.1. The van der Waals surface area contributed by atoms with E-state index >= 15 is 0 Å². The molecular weight excluding hydrogens is 564 g/mol. The van der Waals surface area contributed by atoms with Gasteiger partial charge >= 0.3 is 5.97 Å². The number of benzene rings is 1. The van der Waals surface area contributed by atoms with Crippen molar-refractivity contribution in [1.82, 2.24) is 13.9 Å². The number of anilines is 1. The summed E-state index contributed by atoms with van der Waals surface area (Å²) in [5.41, 5.74) is 0.981. The fourth-order valence-electron chi connectivity index (χ4n) is 4.48. The standard InChI is InChI=1S/C26H23ClN4O6S2/c1-37-23(33)16-31(39(35,36)24-15-17-7-12-21(27)28-25(17)38-24)20-5-4-14-30(26(20)34)19-10-8-18(9-11-19)29-13-3-2-6-22(29)32/h2-3,6-13,15,20H,4-5,14,16H2,1H3. The van der Waals surface area contributed by atoms with Gasteiger partial charge in [-0.05, 0) is 61.4 Å². The van der Waals surface area contributed by atoms with Crippen LogP contribution in [0.1, 0.15) is 12.8 Å². The van der Waals surface area contributed by atoms with E-state index in [1.807, 2.05) is 0 Å². The number of hydrogen-bond donors (Lipinski definition) is 0. The molecular formula is C26H23ClN4O6S2. The summed E-state index contributed by atoms with van der Waals surface area (Å²) >= 11 is 6.88. The molecule has 3 aromatic heterocycles. The first-order valence-corrected chi connectivity index (χ1v) is 14.6. The van der Waals surface area contributed by atoms with Crippen molar-refractivity contribution in [3.05, 3.63) is 82.4 Å². The SMILES string of the molecule is COC(=O)CN(C1CCCN(c2ccc(-n3ccccc3=O)cc2)C1=O)S(=O)(=O)c1cc2ccc(Cl)nc2s1. The first-order valence-electron chi connectivity index (χ1n) is 11.9. The van der Waals surface area contributed by atoms with Crippen LogP contribution in [0.15, 0.2) is 75.9 Å². The lowest BCUT2D eigenvalue weighted by Crippen LogP contribution is -2.55. The van der Waals surface area contributed by atoms with Crippen LogP contribution in [0.2, 0.25) is 5.15 Å². The third-order valence-electron chi connectivity index (χ3n) is 6.42. The molecule has 1 saturated heterocycles.